The molecule has 2 aromatic heterocycles. The molecule has 0 aliphatic heterocycles. The molecule has 3 aromatic rings. The smallest absolute Gasteiger partial charge is 0.183 e. The number of nitrogens with one attached hydrogen (secondary N) is 1. The van der Waals surface area contributed by atoms with Crippen LogP contribution in [-0.2, 0) is 7.05 Å². The van der Waals surface area contributed by atoms with Gasteiger partial charge in [-0.2, -0.15) is 5.26 Å². The molecule has 98 valence electrons. The van der Waals surface area contributed by atoms with Gasteiger partial charge >= 0.3 is 0 Å². The molecule has 1 N–H and O–H groups in total. The third kappa shape index (κ3) is 1.95. The van der Waals surface area contributed by atoms with E-state index in [9.17, 15) is 0 Å². The van der Waals surface area contributed by atoms with E-state index in [0.717, 1.165) is 22.5 Å². The molecule has 0 amide bonds. The third-order valence-corrected chi connectivity index (χ3v) is 3.17. The van der Waals surface area contributed by atoms with Gasteiger partial charge in [-0.25, -0.2) is 15.0 Å². The zero-order valence-electron chi connectivity index (χ0n) is 11.1. The minimum atomic E-state index is 0.268. The van der Waals surface area contributed by atoms with Gasteiger partial charge in [-0.1, -0.05) is 0 Å². The Morgan fingerprint density at radius 1 is 1.25 bits per heavy atom. The molecule has 0 saturated carbocycles. The molecular weight excluding hydrogens is 252 g/mol. The summed E-state index contributed by atoms with van der Waals surface area (Å²) in [5, 5.41) is 12.1. The second kappa shape index (κ2) is 4.63. The van der Waals surface area contributed by atoms with E-state index >= 15 is 0 Å². The van der Waals surface area contributed by atoms with Crippen LogP contribution in [-0.4, -0.2) is 19.5 Å². The van der Waals surface area contributed by atoms with E-state index < -0.39 is 0 Å². The van der Waals surface area contributed by atoms with Crippen molar-refractivity contribution < 1.29 is 0 Å². The molecule has 2 heterocycles. The Labute approximate surface area is 115 Å². The predicted octanol–water partition coefficient (Wildman–Crippen LogP) is 2.29. The normalized spacial score (nSPS) is 10.4. The van der Waals surface area contributed by atoms with Crippen LogP contribution in [0.15, 0.2) is 30.6 Å². The largest absolute Gasteiger partial charge is 0.338 e. The lowest BCUT2D eigenvalue weighted by atomic mass is 10.2. The molecule has 0 atom stereocenters. The molecule has 0 aliphatic carbocycles. The highest BCUT2D eigenvalue weighted by Gasteiger charge is 2.07. The third-order valence-electron chi connectivity index (χ3n) is 3.17. The molecule has 0 bridgehead atoms. The fraction of sp³-hybridized carbons (Fsp3) is 0.143. The Hall–Kier alpha value is -2.94. The van der Waals surface area contributed by atoms with Crippen molar-refractivity contribution in [3.63, 3.8) is 0 Å². The number of benzene rings is 1. The number of rotatable bonds is 2. The van der Waals surface area contributed by atoms with E-state index in [-0.39, 0.29) is 5.69 Å². The number of fused-ring (bicyclic) bond motifs is 1. The molecule has 20 heavy (non-hydrogen) atoms. The van der Waals surface area contributed by atoms with Crippen LogP contribution in [0.3, 0.4) is 0 Å². The molecule has 0 fully saturated rings. The van der Waals surface area contributed by atoms with Crippen molar-refractivity contribution in [3.05, 3.63) is 42.1 Å². The number of aryl methyl sites for hydroxylation is 2. The van der Waals surface area contributed by atoms with E-state index in [1.165, 1.54) is 6.20 Å². The van der Waals surface area contributed by atoms with E-state index in [1.54, 1.807) is 6.20 Å². The summed E-state index contributed by atoms with van der Waals surface area (Å²) in [5.74, 6) is 1.40. The van der Waals surface area contributed by atoms with Gasteiger partial charge in [0.15, 0.2) is 11.5 Å². The number of imidazole rings is 1. The summed E-state index contributed by atoms with van der Waals surface area (Å²) in [7, 11) is 1.98. The highest BCUT2D eigenvalue weighted by Crippen LogP contribution is 2.22. The first-order valence-corrected chi connectivity index (χ1v) is 6.10. The maximum atomic E-state index is 9.00. The summed E-state index contributed by atoms with van der Waals surface area (Å²) in [6.45, 7) is 1.96. The molecule has 1 aromatic carbocycles. The van der Waals surface area contributed by atoms with Crippen molar-refractivity contribution in [3.8, 4) is 6.07 Å². The maximum Gasteiger partial charge on any atom is 0.183 e. The van der Waals surface area contributed by atoms with Gasteiger partial charge in [-0.15, -0.1) is 0 Å². The van der Waals surface area contributed by atoms with Crippen LogP contribution >= 0.6 is 0 Å². The van der Waals surface area contributed by atoms with Gasteiger partial charge in [0.25, 0.3) is 0 Å². The van der Waals surface area contributed by atoms with Crippen molar-refractivity contribution in [1.29, 1.82) is 5.26 Å². The Morgan fingerprint density at radius 3 is 2.85 bits per heavy atom. The first-order valence-electron chi connectivity index (χ1n) is 6.10. The molecule has 0 unspecified atom stereocenters. The number of anilines is 2. The lowest BCUT2D eigenvalue weighted by Gasteiger charge is -2.06. The molecule has 0 radical (unpaired) electrons. The van der Waals surface area contributed by atoms with Crippen molar-refractivity contribution in [2.75, 3.05) is 5.32 Å². The van der Waals surface area contributed by atoms with Gasteiger partial charge in [-0.05, 0) is 25.1 Å². The van der Waals surface area contributed by atoms with Crippen molar-refractivity contribution in [2.45, 2.75) is 6.92 Å². The van der Waals surface area contributed by atoms with E-state index in [4.69, 9.17) is 5.26 Å². The summed E-state index contributed by atoms with van der Waals surface area (Å²) >= 11 is 0. The minimum absolute atomic E-state index is 0.268. The van der Waals surface area contributed by atoms with Gasteiger partial charge in [0.1, 0.15) is 11.9 Å². The van der Waals surface area contributed by atoms with Crippen LogP contribution in [0.5, 0.6) is 0 Å². The van der Waals surface area contributed by atoms with Crippen LogP contribution in [0.4, 0.5) is 11.5 Å². The van der Waals surface area contributed by atoms with E-state index in [2.05, 4.69) is 20.3 Å². The number of nitriles is 1. The zero-order valence-corrected chi connectivity index (χ0v) is 11.1. The Morgan fingerprint density at radius 2 is 2.05 bits per heavy atom. The second-order valence-corrected chi connectivity index (χ2v) is 4.41. The monoisotopic (exact) mass is 264 g/mol. The number of aromatic nitrogens is 4. The molecule has 0 spiro atoms. The fourth-order valence-corrected chi connectivity index (χ4v) is 2.05. The van der Waals surface area contributed by atoms with Crippen molar-refractivity contribution in [2.24, 2.45) is 7.05 Å². The minimum Gasteiger partial charge on any atom is -0.338 e. The molecular formula is C14H12N6. The molecule has 6 nitrogen and oxygen atoms in total. The standard InChI is InChI=1S/C14H12N6/c1-9-18-11-7-10(3-4-13(11)20(9)2)19-14-12(8-15)16-5-6-17-14/h3-7H,1-2H3,(H,17,19). The summed E-state index contributed by atoms with van der Waals surface area (Å²) in [6, 6.07) is 7.86. The SMILES string of the molecule is Cc1nc2cc(Nc3nccnc3C#N)ccc2n1C. The highest BCUT2D eigenvalue weighted by molar-refractivity contribution is 5.81. The van der Waals surface area contributed by atoms with Crippen LogP contribution < -0.4 is 5.32 Å². The van der Waals surface area contributed by atoms with Crippen molar-refractivity contribution in [1.82, 2.24) is 19.5 Å². The Balaban J connectivity index is 2.01. The van der Waals surface area contributed by atoms with Gasteiger partial charge in [0.05, 0.1) is 11.0 Å². The average molecular weight is 264 g/mol. The number of hydrogen-bond acceptors (Lipinski definition) is 5. The predicted molar refractivity (Wildman–Crippen MR) is 75.5 cm³/mol. The van der Waals surface area contributed by atoms with Crippen molar-refractivity contribution >= 4 is 22.5 Å². The number of hydrogen-bond donors (Lipinski definition) is 1. The first-order chi connectivity index (χ1) is 9.69. The van der Waals surface area contributed by atoms with Gasteiger partial charge in [0.2, 0.25) is 0 Å². The van der Waals surface area contributed by atoms with E-state index in [1.807, 2.05) is 42.8 Å². The van der Waals surface area contributed by atoms with Gasteiger partial charge in [-0.3, -0.25) is 0 Å². The quantitative estimate of drug-likeness (QED) is 0.768. The average Bonchev–Trinajstić information content (AvgIpc) is 2.74. The Kier molecular flexibility index (Phi) is 2.80. The topological polar surface area (TPSA) is 79.4 Å². The molecule has 0 aliphatic rings. The van der Waals surface area contributed by atoms with Crippen LogP contribution in [0.1, 0.15) is 11.5 Å². The maximum absolute atomic E-state index is 9.00. The van der Waals surface area contributed by atoms with Crippen LogP contribution in [0.25, 0.3) is 11.0 Å². The molecule has 3 rings (SSSR count). The van der Waals surface area contributed by atoms with Crippen LogP contribution in [0, 0.1) is 18.3 Å². The lowest BCUT2D eigenvalue weighted by molar-refractivity contribution is 0.886. The lowest BCUT2D eigenvalue weighted by Crippen LogP contribution is -1.98. The van der Waals surface area contributed by atoms with Gasteiger partial charge in [0, 0.05) is 25.1 Å². The zero-order chi connectivity index (χ0) is 14.1. The van der Waals surface area contributed by atoms with Gasteiger partial charge < -0.3 is 9.88 Å². The first kappa shape index (κ1) is 12.1. The summed E-state index contributed by atoms with van der Waals surface area (Å²) in [5.41, 5.74) is 3.06. The summed E-state index contributed by atoms with van der Waals surface area (Å²) < 4.78 is 2.03. The van der Waals surface area contributed by atoms with Crippen LogP contribution in [0.2, 0.25) is 0 Å². The fourth-order valence-electron chi connectivity index (χ4n) is 2.05. The second-order valence-electron chi connectivity index (χ2n) is 4.41. The summed E-state index contributed by atoms with van der Waals surface area (Å²) in [6.07, 6.45) is 3.04. The Bertz CT molecular complexity index is 827. The molecule has 0 saturated heterocycles. The van der Waals surface area contributed by atoms with E-state index in [0.29, 0.717) is 5.82 Å². The highest BCUT2D eigenvalue weighted by atomic mass is 15.1. The number of nitrogens with zero attached hydrogens (tertiary/aromatic N) is 5. The summed E-state index contributed by atoms with van der Waals surface area (Å²) in [4.78, 5) is 12.6. The molecule has 6 heteroatoms.